The Bertz CT molecular complexity index is 1470. The maximum atomic E-state index is 8.73. The van der Waals surface area contributed by atoms with E-state index in [0.717, 1.165) is 28.4 Å². The van der Waals surface area contributed by atoms with Gasteiger partial charge in [-0.05, 0) is 68.8 Å². The highest BCUT2D eigenvalue weighted by atomic mass is 16.5. The van der Waals surface area contributed by atoms with E-state index in [0.29, 0.717) is 29.6 Å². The fourth-order valence-electron chi connectivity index (χ4n) is 3.86. The second-order valence-corrected chi connectivity index (χ2v) is 9.19. The standard InChI is InChI=1S/C26H28N8O2/c1-16-11-17(6-8-22(16)36-19-9-10-34-15-29-33-23(34)13-19)30-24(27)20-12-18(5-7-21(20)28-4)31-25-32-26(2,3)14-35-25/h5-13,15,28H,14H2,1-4H3,(H2,27,30)(H,31,32). The van der Waals surface area contributed by atoms with Crippen molar-refractivity contribution in [1.29, 1.82) is 5.41 Å². The number of aryl methyl sites for hydroxylation is 1. The smallest absolute Gasteiger partial charge is 0.289 e. The number of fused-ring (bicyclic) bond motifs is 1. The fraction of sp³-hybridized carbons (Fsp3) is 0.231. The molecule has 1 aliphatic heterocycles. The summed E-state index contributed by atoms with van der Waals surface area (Å²) in [7, 11) is 1.83. The van der Waals surface area contributed by atoms with E-state index in [9.17, 15) is 0 Å². The quantitative estimate of drug-likeness (QED) is 0.227. The molecule has 0 saturated heterocycles. The van der Waals surface area contributed by atoms with E-state index in [-0.39, 0.29) is 11.4 Å². The number of rotatable bonds is 6. The summed E-state index contributed by atoms with van der Waals surface area (Å²) in [6, 6.07) is 15.6. The first kappa shape index (κ1) is 23.2. The van der Waals surface area contributed by atoms with Crippen LogP contribution in [0.2, 0.25) is 0 Å². The topological polar surface area (TPSA) is 121 Å². The third-order valence-electron chi connectivity index (χ3n) is 5.72. The van der Waals surface area contributed by atoms with Crippen LogP contribution >= 0.6 is 0 Å². The first-order valence-corrected chi connectivity index (χ1v) is 11.5. The van der Waals surface area contributed by atoms with Crippen molar-refractivity contribution < 1.29 is 9.47 Å². The summed E-state index contributed by atoms with van der Waals surface area (Å²) >= 11 is 0. The lowest BCUT2D eigenvalue weighted by atomic mass is 10.1. The van der Waals surface area contributed by atoms with Gasteiger partial charge in [-0.3, -0.25) is 9.81 Å². The Kier molecular flexibility index (Phi) is 5.93. The average molecular weight is 485 g/mol. The van der Waals surface area contributed by atoms with Crippen LogP contribution in [0.25, 0.3) is 5.65 Å². The van der Waals surface area contributed by atoms with Gasteiger partial charge in [-0.25, -0.2) is 4.99 Å². The van der Waals surface area contributed by atoms with E-state index < -0.39 is 0 Å². The lowest BCUT2D eigenvalue weighted by Gasteiger charge is -2.16. The van der Waals surface area contributed by atoms with Gasteiger partial charge in [0.1, 0.15) is 30.3 Å². The van der Waals surface area contributed by atoms with Crippen LogP contribution in [0.4, 0.5) is 17.1 Å². The molecule has 36 heavy (non-hydrogen) atoms. The molecule has 0 amide bonds. The monoisotopic (exact) mass is 484 g/mol. The van der Waals surface area contributed by atoms with Gasteiger partial charge in [0.05, 0.1) is 5.54 Å². The summed E-state index contributed by atoms with van der Waals surface area (Å²) in [5, 5.41) is 26.2. The van der Waals surface area contributed by atoms with Crippen molar-refractivity contribution in [3.63, 3.8) is 0 Å². The van der Waals surface area contributed by atoms with Gasteiger partial charge in [0.25, 0.3) is 6.02 Å². The van der Waals surface area contributed by atoms with Crippen molar-refractivity contribution in [3.05, 3.63) is 72.2 Å². The first-order chi connectivity index (χ1) is 17.3. The van der Waals surface area contributed by atoms with Crippen molar-refractivity contribution in [2.24, 2.45) is 4.99 Å². The van der Waals surface area contributed by atoms with E-state index in [1.165, 1.54) is 0 Å². The highest BCUT2D eigenvalue weighted by molar-refractivity contribution is 6.10. The average Bonchev–Trinajstić information content (AvgIpc) is 3.45. The van der Waals surface area contributed by atoms with Gasteiger partial charge in [-0.1, -0.05) is 0 Å². The molecule has 0 unspecified atom stereocenters. The molecule has 2 aromatic heterocycles. The van der Waals surface area contributed by atoms with Crippen molar-refractivity contribution >= 4 is 34.6 Å². The van der Waals surface area contributed by atoms with Gasteiger partial charge < -0.3 is 25.4 Å². The summed E-state index contributed by atoms with van der Waals surface area (Å²) in [6.07, 6.45) is 3.49. The SMILES string of the molecule is CNc1ccc(NC2=NC(C)(C)CO2)cc1C(=N)Nc1ccc(Oc2ccn3cnnc3c2)c(C)c1. The number of hydrogen-bond acceptors (Lipinski definition) is 8. The molecule has 4 N–H and O–H groups in total. The summed E-state index contributed by atoms with van der Waals surface area (Å²) < 4.78 is 13.5. The number of aromatic nitrogens is 3. The van der Waals surface area contributed by atoms with Gasteiger partial charge in [-0.2, -0.15) is 0 Å². The lowest BCUT2D eigenvalue weighted by molar-refractivity contribution is 0.278. The summed E-state index contributed by atoms with van der Waals surface area (Å²) in [6.45, 7) is 6.53. The maximum absolute atomic E-state index is 8.73. The maximum Gasteiger partial charge on any atom is 0.289 e. The fourth-order valence-corrected chi connectivity index (χ4v) is 3.86. The number of amidine groups is 2. The number of ether oxygens (including phenoxy) is 2. The predicted molar refractivity (Wildman–Crippen MR) is 142 cm³/mol. The van der Waals surface area contributed by atoms with Gasteiger partial charge in [0.2, 0.25) is 0 Å². The highest BCUT2D eigenvalue weighted by Crippen LogP contribution is 2.29. The van der Waals surface area contributed by atoms with Crippen LogP contribution in [-0.2, 0) is 4.74 Å². The van der Waals surface area contributed by atoms with Gasteiger partial charge in [-0.15, -0.1) is 10.2 Å². The third-order valence-corrected chi connectivity index (χ3v) is 5.72. The molecule has 0 atom stereocenters. The normalized spacial score (nSPS) is 14.2. The minimum atomic E-state index is -0.249. The van der Waals surface area contributed by atoms with E-state index in [4.69, 9.17) is 14.9 Å². The molecular weight excluding hydrogens is 456 g/mol. The van der Waals surface area contributed by atoms with Crippen molar-refractivity contribution in [2.75, 3.05) is 29.6 Å². The molecule has 0 aliphatic carbocycles. The molecule has 0 spiro atoms. The van der Waals surface area contributed by atoms with Gasteiger partial charge in [0.15, 0.2) is 5.65 Å². The molecule has 0 bridgehead atoms. The van der Waals surface area contributed by atoms with E-state index in [1.807, 2.05) is 86.9 Å². The minimum Gasteiger partial charge on any atom is -0.462 e. The molecule has 0 fully saturated rings. The molecule has 3 heterocycles. The molecule has 0 radical (unpaired) electrons. The van der Waals surface area contributed by atoms with Crippen LogP contribution in [0, 0.1) is 12.3 Å². The second-order valence-electron chi connectivity index (χ2n) is 9.19. The zero-order valence-corrected chi connectivity index (χ0v) is 20.6. The van der Waals surface area contributed by atoms with Crippen LogP contribution in [0.5, 0.6) is 11.5 Å². The summed E-state index contributed by atoms with van der Waals surface area (Å²) in [4.78, 5) is 4.54. The van der Waals surface area contributed by atoms with Gasteiger partial charge in [0, 0.05) is 41.9 Å². The van der Waals surface area contributed by atoms with E-state index in [1.54, 1.807) is 6.33 Å². The Labute approximate surface area is 208 Å². The van der Waals surface area contributed by atoms with E-state index in [2.05, 4.69) is 31.1 Å². The molecular formula is C26H28N8O2. The number of pyridine rings is 1. The molecule has 10 nitrogen and oxygen atoms in total. The number of aliphatic imine (C=N–C) groups is 1. The number of benzene rings is 2. The number of anilines is 3. The Hall–Kier alpha value is -4.60. The zero-order chi connectivity index (χ0) is 25.3. The minimum absolute atomic E-state index is 0.249. The Morgan fingerprint density at radius 3 is 2.69 bits per heavy atom. The Morgan fingerprint density at radius 2 is 1.94 bits per heavy atom. The van der Waals surface area contributed by atoms with Crippen LogP contribution in [0.15, 0.2) is 66.0 Å². The molecule has 2 aromatic carbocycles. The van der Waals surface area contributed by atoms with Gasteiger partial charge >= 0.3 is 0 Å². The Morgan fingerprint density at radius 1 is 1.11 bits per heavy atom. The molecule has 0 saturated carbocycles. The number of nitrogens with one attached hydrogen (secondary N) is 4. The molecule has 10 heteroatoms. The third kappa shape index (κ3) is 4.92. The summed E-state index contributed by atoms with van der Waals surface area (Å²) in [5.74, 6) is 1.65. The first-order valence-electron chi connectivity index (χ1n) is 11.5. The predicted octanol–water partition coefficient (Wildman–Crippen LogP) is 4.89. The van der Waals surface area contributed by atoms with Crippen LogP contribution in [-0.4, -0.2) is 45.6 Å². The lowest BCUT2D eigenvalue weighted by Crippen LogP contribution is -2.17. The van der Waals surface area contributed by atoms with Crippen LogP contribution in [0.1, 0.15) is 25.0 Å². The molecule has 1 aliphatic rings. The zero-order valence-electron chi connectivity index (χ0n) is 20.6. The van der Waals surface area contributed by atoms with Crippen molar-refractivity contribution in [2.45, 2.75) is 26.3 Å². The van der Waals surface area contributed by atoms with Crippen LogP contribution < -0.4 is 20.7 Å². The van der Waals surface area contributed by atoms with Crippen molar-refractivity contribution in [1.82, 2.24) is 14.6 Å². The van der Waals surface area contributed by atoms with Crippen molar-refractivity contribution in [3.8, 4) is 11.5 Å². The summed E-state index contributed by atoms with van der Waals surface area (Å²) in [5.41, 5.74) is 4.50. The van der Waals surface area contributed by atoms with Crippen LogP contribution in [0.3, 0.4) is 0 Å². The molecule has 4 aromatic rings. The molecule has 184 valence electrons. The molecule has 5 rings (SSSR count). The largest absolute Gasteiger partial charge is 0.462 e. The van der Waals surface area contributed by atoms with E-state index >= 15 is 0 Å². The second kappa shape index (κ2) is 9.21. The highest BCUT2D eigenvalue weighted by Gasteiger charge is 2.26. The number of nitrogens with zero attached hydrogens (tertiary/aromatic N) is 4. The number of hydrogen-bond donors (Lipinski definition) is 4. The Balaban J connectivity index is 1.31.